The van der Waals surface area contributed by atoms with E-state index in [0.717, 1.165) is 26.1 Å². The molecule has 0 aliphatic carbocycles. The fourth-order valence-electron chi connectivity index (χ4n) is 3.15. The molecule has 3 rings (SSSR count). The third kappa shape index (κ3) is 5.31. The Morgan fingerprint density at radius 1 is 1.00 bits per heavy atom. The molecule has 1 aliphatic rings. The van der Waals surface area contributed by atoms with Gasteiger partial charge in [-0.3, -0.25) is 4.90 Å². The zero-order valence-electron chi connectivity index (χ0n) is 15.6. The summed E-state index contributed by atoms with van der Waals surface area (Å²) in [6.45, 7) is 4.11. The van der Waals surface area contributed by atoms with E-state index < -0.39 is 5.97 Å². The fraction of sp³-hybridized carbons (Fsp3) is 0.333. The lowest BCUT2D eigenvalue weighted by molar-refractivity contribution is 0.0600. The number of nitrogens with one attached hydrogen (secondary N) is 1. The van der Waals surface area contributed by atoms with E-state index >= 15 is 0 Å². The van der Waals surface area contributed by atoms with Crippen molar-refractivity contribution in [1.29, 1.82) is 0 Å². The van der Waals surface area contributed by atoms with E-state index in [1.54, 1.807) is 24.3 Å². The number of amides is 2. The quantitative estimate of drug-likeness (QED) is 0.826. The fourth-order valence-corrected chi connectivity index (χ4v) is 3.15. The summed E-state index contributed by atoms with van der Waals surface area (Å²) in [5.41, 5.74) is 2.35. The molecule has 1 fully saturated rings. The van der Waals surface area contributed by atoms with Crippen LogP contribution < -0.4 is 5.32 Å². The van der Waals surface area contributed by atoms with Gasteiger partial charge in [0.15, 0.2) is 0 Å². The van der Waals surface area contributed by atoms with Crippen LogP contribution in [-0.2, 0) is 11.2 Å². The van der Waals surface area contributed by atoms with Crippen molar-refractivity contribution in [2.75, 3.05) is 45.2 Å². The van der Waals surface area contributed by atoms with Crippen molar-refractivity contribution in [3.05, 3.63) is 65.7 Å². The second-order valence-corrected chi connectivity index (χ2v) is 6.57. The maximum absolute atomic E-state index is 12.5. The number of hydrogen-bond donors (Lipinski definition) is 1. The summed E-state index contributed by atoms with van der Waals surface area (Å²) in [6.07, 6.45) is 1.02. The van der Waals surface area contributed by atoms with E-state index in [1.807, 2.05) is 11.0 Å². The molecule has 2 aromatic carbocycles. The predicted molar refractivity (Wildman–Crippen MR) is 105 cm³/mol. The topological polar surface area (TPSA) is 61.9 Å². The number of esters is 1. The van der Waals surface area contributed by atoms with Crippen molar-refractivity contribution in [3.63, 3.8) is 0 Å². The summed E-state index contributed by atoms with van der Waals surface area (Å²) in [5.74, 6) is -0.418. The van der Waals surface area contributed by atoms with Crippen LogP contribution in [0.5, 0.6) is 0 Å². The molecule has 0 atom stereocenters. The molecule has 2 aromatic rings. The molecule has 142 valence electrons. The summed E-state index contributed by atoms with van der Waals surface area (Å²) in [4.78, 5) is 28.3. The van der Waals surface area contributed by atoms with Crippen LogP contribution in [0.4, 0.5) is 10.5 Å². The zero-order valence-corrected chi connectivity index (χ0v) is 15.6. The lowest BCUT2D eigenvalue weighted by Crippen LogP contribution is -2.50. The molecule has 0 unspecified atom stereocenters. The maximum Gasteiger partial charge on any atom is 0.337 e. The number of hydrogen-bond acceptors (Lipinski definition) is 4. The highest BCUT2D eigenvalue weighted by Crippen LogP contribution is 2.13. The van der Waals surface area contributed by atoms with Crippen LogP contribution in [0.3, 0.4) is 0 Å². The van der Waals surface area contributed by atoms with Crippen molar-refractivity contribution in [2.45, 2.75) is 6.42 Å². The highest BCUT2D eigenvalue weighted by Gasteiger charge is 2.21. The number of anilines is 1. The lowest BCUT2D eigenvalue weighted by Gasteiger charge is -2.34. The van der Waals surface area contributed by atoms with Crippen LogP contribution in [0.1, 0.15) is 15.9 Å². The number of piperazine rings is 1. The smallest absolute Gasteiger partial charge is 0.337 e. The average molecular weight is 367 g/mol. The zero-order chi connectivity index (χ0) is 19.1. The van der Waals surface area contributed by atoms with Gasteiger partial charge in [-0.25, -0.2) is 9.59 Å². The number of carbonyl (C=O) groups is 2. The molecule has 1 aliphatic heterocycles. The SMILES string of the molecule is COC(=O)c1cccc(NC(=O)N2CCN(CCc3ccccc3)CC2)c1. The van der Waals surface area contributed by atoms with Gasteiger partial charge in [-0.05, 0) is 30.2 Å². The van der Waals surface area contributed by atoms with Gasteiger partial charge in [0.25, 0.3) is 0 Å². The highest BCUT2D eigenvalue weighted by molar-refractivity contribution is 5.93. The maximum atomic E-state index is 12.5. The van der Waals surface area contributed by atoms with Gasteiger partial charge in [0.05, 0.1) is 12.7 Å². The standard InChI is InChI=1S/C21H25N3O3/c1-27-20(25)18-8-5-9-19(16-18)22-21(26)24-14-12-23(13-15-24)11-10-17-6-3-2-4-7-17/h2-9,16H,10-15H2,1H3,(H,22,26). The summed E-state index contributed by atoms with van der Waals surface area (Å²) in [5, 5.41) is 2.86. The van der Waals surface area contributed by atoms with Gasteiger partial charge in [-0.1, -0.05) is 36.4 Å². The Bertz CT molecular complexity index is 771. The molecular formula is C21H25N3O3. The molecule has 6 nitrogen and oxygen atoms in total. The van der Waals surface area contributed by atoms with Crippen LogP contribution in [0, 0.1) is 0 Å². The van der Waals surface area contributed by atoms with E-state index in [-0.39, 0.29) is 6.03 Å². The molecule has 6 heteroatoms. The highest BCUT2D eigenvalue weighted by atomic mass is 16.5. The van der Waals surface area contributed by atoms with Gasteiger partial charge in [0.2, 0.25) is 0 Å². The Kier molecular flexibility index (Phi) is 6.44. The minimum absolute atomic E-state index is 0.139. The number of benzene rings is 2. The van der Waals surface area contributed by atoms with Crippen molar-refractivity contribution in [1.82, 2.24) is 9.80 Å². The largest absolute Gasteiger partial charge is 0.465 e. The van der Waals surface area contributed by atoms with E-state index in [0.29, 0.717) is 24.3 Å². The van der Waals surface area contributed by atoms with E-state index in [1.165, 1.54) is 12.7 Å². The Balaban J connectivity index is 1.46. The van der Waals surface area contributed by atoms with Crippen molar-refractivity contribution < 1.29 is 14.3 Å². The molecule has 0 spiro atoms. The Hall–Kier alpha value is -2.86. The average Bonchev–Trinajstić information content (AvgIpc) is 2.73. The number of ether oxygens (including phenoxy) is 1. The first-order chi connectivity index (χ1) is 13.2. The summed E-state index contributed by atoms with van der Waals surface area (Å²) < 4.78 is 4.71. The molecule has 0 radical (unpaired) electrons. The van der Waals surface area contributed by atoms with Crippen molar-refractivity contribution >= 4 is 17.7 Å². The molecule has 1 heterocycles. The molecule has 1 N–H and O–H groups in total. The minimum atomic E-state index is -0.418. The first-order valence-electron chi connectivity index (χ1n) is 9.16. The lowest BCUT2D eigenvalue weighted by atomic mass is 10.1. The van der Waals surface area contributed by atoms with Gasteiger partial charge in [-0.15, -0.1) is 0 Å². The second-order valence-electron chi connectivity index (χ2n) is 6.57. The molecule has 0 bridgehead atoms. The third-order valence-electron chi connectivity index (χ3n) is 4.75. The summed E-state index contributed by atoms with van der Waals surface area (Å²) >= 11 is 0. The molecule has 2 amide bonds. The second kappa shape index (κ2) is 9.19. The minimum Gasteiger partial charge on any atom is -0.465 e. The van der Waals surface area contributed by atoms with Crippen LogP contribution in [0.2, 0.25) is 0 Å². The first-order valence-corrected chi connectivity index (χ1v) is 9.16. The monoisotopic (exact) mass is 367 g/mol. The number of carbonyl (C=O) groups excluding carboxylic acids is 2. The molecule has 27 heavy (non-hydrogen) atoms. The summed E-state index contributed by atoms with van der Waals surface area (Å²) in [7, 11) is 1.34. The molecule has 1 saturated heterocycles. The Morgan fingerprint density at radius 3 is 2.44 bits per heavy atom. The Morgan fingerprint density at radius 2 is 1.74 bits per heavy atom. The Labute approximate surface area is 159 Å². The number of rotatable bonds is 5. The molecular weight excluding hydrogens is 342 g/mol. The van der Waals surface area contributed by atoms with Gasteiger partial charge in [0.1, 0.15) is 0 Å². The van der Waals surface area contributed by atoms with Crippen molar-refractivity contribution in [2.24, 2.45) is 0 Å². The third-order valence-corrected chi connectivity index (χ3v) is 4.75. The van der Waals surface area contributed by atoms with Crippen LogP contribution in [-0.4, -0.2) is 61.6 Å². The van der Waals surface area contributed by atoms with Gasteiger partial charge >= 0.3 is 12.0 Å². The normalized spacial score (nSPS) is 14.6. The van der Waals surface area contributed by atoms with Gasteiger partial charge < -0.3 is 15.0 Å². The van der Waals surface area contributed by atoms with E-state index in [4.69, 9.17) is 4.74 Å². The molecule has 0 aromatic heterocycles. The van der Waals surface area contributed by atoms with Gasteiger partial charge in [-0.2, -0.15) is 0 Å². The van der Waals surface area contributed by atoms with Crippen LogP contribution in [0.15, 0.2) is 54.6 Å². The first kappa shape index (κ1) is 18.9. The van der Waals surface area contributed by atoms with E-state index in [9.17, 15) is 9.59 Å². The van der Waals surface area contributed by atoms with E-state index in [2.05, 4.69) is 34.5 Å². The number of urea groups is 1. The predicted octanol–water partition coefficient (Wildman–Crippen LogP) is 2.87. The number of nitrogens with zero attached hydrogens (tertiary/aromatic N) is 2. The van der Waals surface area contributed by atoms with Crippen LogP contribution >= 0.6 is 0 Å². The summed E-state index contributed by atoms with van der Waals surface area (Å²) in [6, 6.07) is 17.1. The number of methoxy groups -OCH3 is 1. The van der Waals surface area contributed by atoms with Crippen LogP contribution in [0.25, 0.3) is 0 Å². The van der Waals surface area contributed by atoms with Gasteiger partial charge in [0, 0.05) is 38.4 Å². The molecule has 0 saturated carbocycles. The van der Waals surface area contributed by atoms with Crippen molar-refractivity contribution in [3.8, 4) is 0 Å².